The van der Waals surface area contributed by atoms with Gasteiger partial charge in [-0.1, -0.05) is 49.2 Å². The van der Waals surface area contributed by atoms with Gasteiger partial charge in [0, 0.05) is 73.1 Å². The van der Waals surface area contributed by atoms with Gasteiger partial charge in [0.1, 0.15) is 12.2 Å². The summed E-state index contributed by atoms with van der Waals surface area (Å²) in [5.74, 6) is 0.986. The van der Waals surface area contributed by atoms with E-state index in [0.29, 0.717) is 6.73 Å². The number of anilines is 1. The number of pyridine rings is 1. The van der Waals surface area contributed by atoms with Crippen LogP contribution in [0.15, 0.2) is 53.1 Å². The summed E-state index contributed by atoms with van der Waals surface area (Å²) in [6.07, 6.45) is 5.48. The molecule has 0 saturated carbocycles. The predicted molar refractivity (Wildman–Crippen MR) is 150 cm³/mol. The summed E-state index contributed by atoms with van der Waals surface area (Å²) in [4.78, 5) is 12.3. The number of aromatic nitrogens is 1. The molecule has 0 unspecified atom stereocenters. The average molecular weight is 540 g/mol. The Balaban J connectivity index is 0.00000141. The molecule has 0 atom stereocenters. The van der Waals surface area contributed by atoms with E-state index in [-0.39, 0.29) is 0 Å². The molecule has 188 valence electrons. The van der Waals surface area contributed by atoms with Crippen LogP contribution in [0, 0.1) is 0 Å². The predicted octanol–water partition coefficient (Wildman–Crippen LogP) is 6.69. The van der Waals surface area contributed by atoms with E-state index in [4.69, 9.17) is 9.72 Å². The van der Waals surface area contributed by atoms with E-state index in [1.807, 2.05) is 26.1 Å². The Kier molecular flexibility index (Phi) is 9.41. The summed E-state index contributed by atoms with van der Waals surface area (Å²) in [6, 6.07) is 15.3. The molecule has 5 rings (SSSR count). The zero-order valence-corrected chi connectivity index (χ0v) is 23.1. The van der Waals surface area contributed by atoms with Gasteiger partial charge in [-0.3, -0.25) is 14.8 Å². The van der Waals surface area contributed by atoms with E-state index in [0.717, 1.165) is 61.6 Å². The number of fused-ring (bicyclic) bond motifs is 3. The second-order valence-corrected chi connectivity index (χ2v) is 10.1. The van der Waals surface area contributed by atoms with Crippen LogP contribution >= 0.6 is 15.9 Å². The first-order valence-electron chi connectivity index (χ1n) is 13.2. The fourth-order valence-corrected chi connectivity index (χ4v) is 5.27. The van der Waals surface area contributed by atoms with E-state index >= 15 is 0 Å². The molecule has 0 radical (unpaired) electrons. The van der Waals surface area contributed by atoms with Crippen LogP contribution in [0.2, 0.25) is 0 Å². The number of rotatable bonds is 6. The topological polar surface area (TPSA) is 31.8 Å². The first-order chi connectivity index (χ1) is 17.2. The van der Waals surface area contributed by atoms with Gasteiger partial charge in [0.2, 0.25) is 0 Å². The lowest BCUT2D eigenvalue weighted by molar-refractivity contribution is 0.0954. The molecule has 0 bridgehead atoms. The van der Waals surface area contributed by atoms with Gasteiger partial charge in [-0.05, 0) is 54.8 Å². The molecule has 3 aromatic rings. The first kappa shape index (κ1) is 25.9. The summed E-state index contributed by atoms with van der Waals surface area (Å²) in [6.45, 7) is 14.2. The van der Waals surface area contributed by atoms with Crippen molar-refractivity contribution >= 4 is 32.5 Å². The highest BCUT2D eigenvalue weighted by Gasteiger charge is 2.23. The average Bonchev–Trinajstić information content (AvgIpc) is 3.14. The highest BCUT2D eigenvalue weighted by molar-refractivity contribution is 9.10. The number of halogens is 1. The quantitative estimate of drug-likeness (QED) is 0.349. The van der Waals surface area contributed by atoms with Crippen LogP contribution in [0.3, 0.4) is 0 Å². The van der Waals surface area contributed by atoms with Crippen LogP contribution in [-0.4, -0.2) is 54.2 Å². The van der Waals surface area contributed by atoms with Crippen molar-refractivity contribution in [3.05, 3.63) is 64.3 Å². The molecule has 0 amide bonds. The standard InChI is InChI=1S/C27H33BrN4O.C2H6/c1-2-3-12-31-19-22-17-21(25-6-4-11-29-26(25)27(22)33-20-31)18-30-13-5-14-32(16-15-30)24-9-7-23(28)8-10-24;1-2/h4,6-11,17H,2-3,5,12-16,18-20H2,1H3;1-2H3. The van der Waals surface area contributed by atoms with Crippen molar-refractivity contribution in [2.75, 3.05) is 44.4 Å². The van der Waals surface area contributed by atoms with Gasteiger partial charge in [0.15, 0.2) is 5.75 Å². The summed E-state index contributed by atoms with van der Waals surface area (Å²) in [5.41, 5.74) is 4.99. The molecule has 1 saturated heterocycles. The van der Waals surface area contributed by atoms with Gasteiger partial charge < -0.3 is 9.64 Å². The second-order valence-electron chi connectivity index (χ2n) is 9.20. The normalized spacial score (nSPS) is 16.7. The van der Waals surface area contributed by atoms with Crippen LogP contribution < -0.4 is 9.64 Å². The van der Waals surface area contributed by atoms with Crippen LogP contribution in [0.4, 0.5) is 5.69 Å². The Morgan fingerprint density at radius 1 is 1.00 bits per heavy atom. The molecule has 35 heavy (non-hydrogen) atoms. The highest BCUT2D eigenvalue weighted by Crippen LogP contribution is 2.35. The lowest BCUT2D eigenvalue weighted by atomic mass is 10.0. The molecule has 0 spiro atoms. The molecule has 3 heterocycles. The third kappa shape index (κ3) is 6.35. The monoisotopic (exact) mass is 538 g/mol. The van der Waals surface area contributed by atoms with Gasteiger partial charge in [-0.25, -0.2) is 0 Å². The Morgan fingerprint density at radius 2 is 1.83 bits per heavy atom. The Hall–Kier alpha value is -2.15. The molecule has 5 nitrogen and oxygen atoms in total. The van der Waals surface area contributed by atoms with Crippen molar-refractivity contribution in [2.45, 2.75) is 53.1 Å². The molecule has 2 aromatic carbocycles. The first-order valence-corrected chi connectivity index (χ1v) is 14.0. The maximum Gasteiger partial charge on any atom is 0.152 e. The molecule has 2 aliphatic heterocycles. The zero-order valence-electron chi connectivity index (χ0n) is 21.5. The van der Waals surface area contributed by atoms with Crippen LogP contribution in [0.25, 0.3) is 10.9 Å². The van der Waals surface area contributed by atoms with Crippen LogP contribution in [0.5, 0.6) is 5.75 Å². The van der Waals surface area contributed by atoms with Gasteiger partial charge in [-0.2, -0.15) is 0 Å². The third-order valence-electron chi connectivity index (χ3n) is 6.80. The summed E-state index contributed by atoms with van der Waals surface area (Å²) in [7, 11) is 0. The molecule has 0 N–H and O–H groups in total. The van der Waals surface area contributed by atoms with E-state index in [2.05, 4.69) is 74.0 Å². The smallest absolute Gasteiger partial charge is 0.152 e. The van der Waals surface area contributed by atoms with Crippen LogP contribution in [-0.2, 0) is 13.1 Å². The highest BCUT2D eigenvalue weighted by atomic mass is 79.9. The maximum absolute atomic E-state index is 6.22. The van der Waals surface area contributed by atoms with Gasteiger partial charge in [0.05, 0.1) is 0 Å². The van der Waals surface area contributed by atoms with E-state index in [1.54, 1.807) is 0 Å². The molecule has 2 aliphatic rings. The molecular formula is C29H39BrN4O. The minimum absolute atomic E-state index is 0.663. The third-order valence-corrected chi connectivity index (χ3v) is 7.33. The lowest BCUT2D eigenvalue weighted by Crippen LogP contribution is -2.33. The van der Waals surface area contributed by atoms with Crippen molar-refractivity contribution < 1.29 is 4.74 Å². The molecule has 1 aromatic heterocycles. The minimum atomic E-state index is 0.663. The zero-order chi connectivity index (χ0) is 24.6. The SMILES string of the molecule is CC.CCCCN1COc2c(cc(CN3CCCN(c4ccc(Br)cc4)CC3)c3cccnc23)C1. The minimum Gasteiger partial charge on any atom is -0.475 e. The fraction of sp³-hybridized carbons (Fsp3) is 0.483. The summed E-state index contributed by atoms with van der Waals surface area (Å²) >= 11 is 3.55. The molecule has 1 fully saturated rings. The number of benzene rings is 2. The van der Waals surface area contributed by atoms with Gasteiger partial charge in [-0.15, -0.1) is 0 Å². The number of hydrogen-bond acceptors (Lipinski definition) is 5. The van der Waals surface area contributed by atoms with Crippen molar-refractivity contribution in [1.29, 1.82) is 0 Å². The number of hydrogen-bond donors (Lipinski definition) is 0. The number of nitrogens with zero attached hydrogens (tertiary/aromatic N) is 4. The van der Waals surface area contributed by atoms with Crippen molar-refractivity contribution in [3.63, 3.8) is 0 Å². The van der Waals surface area contributed by atoms with E-state index in [9.17, 15) is 0 Å². The largest absolute Gasteiger partial charge is 0.475 e. The van der Waals surface area contributed by atoms with Gasteiger partial charge >= 0.3 is 0 Å². The Bertz CT molecular complexity index is 1090. The fourth-order valence-electron chi connectivity index (χ4n) is 5.01. The van der Waals surface area contributed by atoms with Gasteiger partial charge in [0.25, 0.3) is 0 Å². The molecular weight excluding hydrogens is 500 g/mol. The maximum atomic E-state index is 6.22. The summed E-state index contributed by atoms with van der Waals surface area (Å²) < 4.78 is 7.35. The second kappa shape index (κ2) is 12.7. The van der Waals surface area contributed by atoms with Crippen molar-refractivity contribution in [2.24, 2.45) is 0 Å². The molecule has 6 heteroatoms. The van der Waals surface area contributed by atoms with E-state index in [1.165, 1.54) is 41.5 Å². The number of ether oxygens (including phenoxy) is 1. The van der Waals surface area contributed by atoms with Crippen molar-refractivity contribution in [3.8, 4) is 5.75 Å². The van der Waals surface area contributed by atoms with Crippen LogP contribution in [0.1, 0.15) is 51.2 Å². The van der Waals surface area contributed by atoms with Crippen molar-refractivity contribution in [1.82, 2.24) is 14.8 Å². The lowest BCUT2D eigenvalue weighted by Gasteiger charge is -2.30. The Morgan fingerprint density at radius 3 is 2.63 bits per heavy atom. The number of unbranched alkanes of at least 4 members (excludes halogenated alkanes) is 1. The Labute approximate surface area is 219 Å². The summed E-state index contributed by atoms with van der Waals surface area (Å²) in [5, 5.41) is 1.23. The van der Waals surface area contributed by atoms with E-state index < -0.39 is 0 Å². The molecule has 0 aliphatic carbocycles.